The molecule has 0 amide bonds. The van der Waals surface area contributed by atoms with Gasteiger partial charge in [0.05, 0.1) is 33.7 Å². The molecule has 1 saturated heterocycles. The summed E-state index contributed by atoms with van der Waals surface area (Å²) in [7, 11) is 0. The highest BCUT2D eigenvalue weighted by atomic mass is 35.5. The number of nitrogens with zero attached hydrogens (tertiary/aromatic N) is 2. The van der Waals surface area contributed by atoms with Crippen molar-refractivity contribution in [3.8, 4) is 0 Å². The predicted octanol–water partition coefficient (Wildman–Crippen LogP) is 4.56. The van der Waals surface area contributed by atoms with E-state index in [1.165, 1.54) is 0 Å². The van der Waals surface area contributed by atoms with Crippen LogP contribution in [0.15, 0.2) is 14.8 Å². The van der Waals surface area contributed by atoms with Crippen LogP contribution in [0.3, 0.4) is 0 Å². The summed E-state index contributed by atoms with van der Waals surface area (Å²) in [6.45, 7) is 3.76. The number of hydrogen-bond donors (Lipinski definition) is 1. The van der Waals surface area contributed by atoms with Gasteiger partial charge in [0.1, 0.15) is 11.4 Å². The summed E-state index contributed by atoms with van der Waals surface area (Å²) in [6.07, 6.45) is 1.07. The smallest absolute Gasteiger partial charge is 0.130 e. The van der Waals surface area contributed by atoms with Gasteiger partial charge in [-0.05, 0) is 19.4 Å². The minimum atomic E-state index is 0.270. The Balaban J connectivity index is 1.89. The summed E-state index contributed by atoms with van der Waals surface area (Å²) >= 11 is 13.5. The van der Waals surface area contributed by atoms with Crippen LogP contribution in [0.5, 0.6) is 0 Å². The van der Waals surface area contributed by atoms with Gasteiger partial charge in [-0.15, -0.1) is 0 Å². The Morgan fingerprint density at radius 2 is 2.16 bits per heavy atom. The fourth-order valence-electron chi connectivity index (χ4n) is 2.30. The summed E-state index contributed by atoms with van der Waals surface area (Å²) in [4.78, 5) is 0. The predicted molar refractivity (Wildman–Crippen MR) is 80.0 cm³/mol. The monoisotopic (exact) mass is 317 g/mol. The molecule has 2 heterocycles. The van der Waals surface area contributed by atoms with Crippen molar-refractivity contribution < 1.29 is 4.74 Å². The van der Waals surface area contributed by atoms with Crippen LogP contribution in [-0.2, 0) is 16.1 Å². The zero-order chi connectivity index (χ0) is 13.4. The Kier molecular flexibility index (Phi) is 3.80. The molecule has 1 aromatic carbocycles. The number of hydrogen-bond acceptors (Lipinski definition) is 4. The van der Waals surface area contributed by atoms with Gasteiger partial charge in [0.25, 0.3) is 0 Å². The first kappa shape index (κ1) is 13.4. The first-order chi connectivity index (χ1) is 9.16. The Morgan fingerprint density at radius 1 is 1.37 bits per heavy atom. The quantitative estimate of drug-likeness (QED) is 0.902. The number of ether oxygens (including phenoxy) is 1. The molecular formula is C12H13Cl2N3OS. The average Bonchev–Trinajstić information content (AvgIpc) is 3.04. The summed E-state index contributed by atoms with van der Waals surface area (Å²) in [5, 5.41) is 4.56. The second kappa shape index (κ2) is 5.40. The van der Waals surface area contributed by atoms with E-state index in [0.29, 0.717) is 21.7 Å². The second-order valence-electron chi connectivity index (χ2n) is 4.73. The Bertz CT molecular complexity index is 581. The third kappa shape index (κ3) is 2.52. The molecule has 0 radical (unpaired) electrons. The maximum absolute atomic E-state index is 6.27. The van der Waals surface area contributed by atoms with Crippen LogP contribution in [0.2, 0.25) is 10.0 Å². The third-order valence-corrected chi connectivity index (χ3v) is 4.60. The van der Waals surface area contributed by atoms with Gasteiger partial charge in [-0.3, -0.25) is 0 Å². The van der Waals surface area contributed by atoms with Crippen molar-refractivity contribution in [1.82, 2.24) is 0 Å². The van der Waals surface area contributed by atoms with E-state index in [9.17, 15) is 0 Å². The lowest BCUT2D eigenvalue weighted by Gasteiger charge is -2.22. The van der Waals surface area contributed by atoms with E-state index in [0.717, 1.165) is 42.4 Å². The molecular weight excluding hydrogens is 305 g/mol. The van der Waals surface area contributed by atoms with E-state index in [1.807, 2.05) is 0 Å². The lowest BCUT2D eigenvalue weighted by Crippen LogP contribution is -2.26. The van der Waals surface area contributed by atoms with Gasteiger partial charge >= 0.3 is 0 Å². The minimum absolute atomic E-state index is 0.270. The largest absolute Gasteiger partial charge is 0.381 e. The average molecular weight is 318 g/mol. The zero-order valence-electron chi connectivity index (χ0n) is 10.3. The van der Waals surface area contributed by atoms with Gasteiger partial charge < -0.3 is 10.1 Å². The molecule has 7 heteroatoms. The Labute approximate surface area is 125 Å². The summed E-state index contributed by atoms with van der Waals surface area (Å²) < 4.78 is 13.9. The normalized spacial score (nSPS) is 22.2. The van der Waals surface area contributed by atoms with Gasteiger partial charge in [0, 0.05) is 18.6 Å². The number of halogens is 2. The molecule has 3 rings (SSSR count). The first-order valence-corrected chi connectivity index (χ1v) is 7.60. The maximum atomic E-state index is 6.27. The summed E-state index contributed by atoms with van der Waals surface area (Å²) in [5.41, 5.74) is 2.26. The van der Waals surface area contributed by atoms with E-state index >= 15 is 0 Å². The van der Waals surface area contributed by atoms with E-state index in [1.54, 1.807) is 6.07 Å². The first-order valence-electron chi connectivity index (χ1n) is 6.11. The standard InChI is InChI=1S/C12H13Cl2N3OS/c1-6(7-2-3-18-5-7)15-10-8(13)4-9(14)11-12(10)17-19-16-11/h4,6-7,15H,2-3,5H2,1H3. The summed E-state index contributed by atoms with van der Waals surface area (Å²) in [6, 6.07) is 1.98. The number of benzene rings is 1. The molecule has 0 spiro atoms. The van der Waals surface area contributed by atoms with Crippen LogP contribution in [0.25, 0.3) is 0 Å². The molecule has 1 aromatic rings. The molecule has 102 valence electrons. The maximum Gasteiger partial charge on any atom is 0.130 e. The van der Waals surface area contributed by atoms with Crippen LogP contribution < -0.4 is 5.32 Å². The lowest BCUT2D eigenvalue weighted by molar-refractivity contribution is 0.183. The lowest BCUT2D eigenvalue weighted by atomic mass is 10.0. The number of nitrogens with one attached hydrogen (secondary N) is 1. The summed E-state index contributed by atoms with van der Waals surface area (Å²) in [5.74, 6) is 0.494. The van der Waals surface area contributed by atoms with Gasteiger partial charge in [-0.1, -0.05) is 23.2 Å². The number of rotatable bonds is 3. The Hall–Kier alpha value is -0.620. The van der Waals surface area contributed by atoms with Crippen molar-refractivity contribution in [3.05, 3.63) is 16.1 Å². The van der Waals surface area contributed by atoms with Gasteiger partial charge in [0.15, 0.2) is 0 Å². The minimum Gasteiger partial charge on any atom is -0.381 e. The van der Waals surface area contributed by atoms with Gasteiger partial charge in [-0.2, -0.15) is 8.73 Å². The second-order valence-corrected chi connectivity index (χ2v) is 6.08. The highest BCUT2D eigenvalue weighted by Crippen LogP contribution is 2.48. The fraction of sp³-hybridized carbons (Fsp3) is 0.500. The molecule has 2 aliphatic rings. The molecule has 2 atom stereocenters. The fourth-order valence-corrected chi connectivity index (χ4v) is 3.47. The van der Waals surface area contributed by atoms with E-state index in [4.69, 9.17) is 27.9 Å². The SMILES string of the molecule is CC(Nc1c(Cl)cc(Cl)c2c1N=S=N2)C1CCOC1. The molecule has 0 aromatic heterocycles. The highest BCUT2D eigenvalue weighted by Gasteiger charge is 2.25. The molecule has 0 aliphatic carbocycles. The number of anilines is 1. The van der Waals surface area contributed by atoms with E-state index in [2.05, 4.69) is 21.0 Å². The molecule has 2 aliphatic heterocycles. The van der Waals surface area contributed by atoms with E-state index in [-0.39, 0.29) is 6.04 Å². The molecule has 2 unspecified atom stereocenters. The third-order valence-electron chi connectivity index (χ3n) is 3.49. The van der Waals surface area contributed by atoms with Crippen LogP contribution in [0.4, 0.5) is 17.1 Å². The van der Waals surface area contributed by atoms with Crippen molar-refractivity contribution in [1.29, 1.82) is 0 Å². The van der Waals surface area contributed by atoms with Crippen LogP contribution in [0, 0.1) is 5.92 Å². The molecule has 19 heavy (non-hydrogen) atoms. The number of fused-ring (bicyclic) bond motifs is 1. The van der Waals surface area contributed by atoms with Gasteiger partial charge in [0.2, 0.25) is 0 Å². The molecule has 1 fully saturated rings. The van der Waals surface area contributed by atoms with Crippen molar-refractivity contribution in [2.24, 2.45) is 14.6 Å². The van der Waals surface area contributed by atoms with Crippen molar-refractivity contribution >= 4 is 51.6 Å². The zero-order valence-corrected chi connectivity index (χ0v) is 12.6. The van der Waals surface area contributed by atoms with Crippen molar-refractivity contribution in [2.45, 2.75) is 19.4 Å². The van der Waals surface area contributed by atoms with Crippen LogP contribution in [0.1, 0.15) is 13.3 Å². The van der Waals surface area contributed by atoms with Crippen LogP contribution in [-0.4, -0.2) is 19.3 Å². The molecule has 1 N–H and O–H groups in total. The van der Waals surface area contributed by atoms with Crippen molar-refractivity contribution in [3.63, 3.8) is 0 Å². The molecule has 0 saturated carbocycles. The highest BCUT2D eigenvalue weighted by molar-refractivity contribution is 7.58. The molecule has 0 bridgehead atoms. The topological polar surface area (TPSA) is 46.0 Å². The molecule has 4 nitrogen and oxygen atoms in total. The van der Waals surface area contributed by atoms with E-state index < -0.39 is 0 Å². The Morgan fingerprint density at radius 3 is 2.89 bits per heavy atom. The van der Waals surface area contributed by atoms with Crippen molar-refractivity contribution in [2.75, 3.05) is 18.5 Å². The van der Waals surface area contributed by atoms with Gasteiger partial charge in [-0.25, -0.2) is 0 Å². The van der Waals surface area contributed by atoms with Crippen LogP contribution >= 0.6 is 23.2 Å².